The predicted octanol–water partition coefficient (Wildman–Crippen LogP) is 17.7. The number of likely N-dealkylation sites (N-methyl/N-ethyl adjacent to an activating group) is 1. The van der Waals surface area contributed by atoms with Gasteiger partial charge in [0.15, 0.2) is 12.4 Å². The molecule has 0 aromatic rings. The number of allylic oxidation sites excluding steroid dienone is 4. The van der Waals surface area contributed by atoms with Crippen LogP contribution in [0.1, 0.15) is 316 Å². The van der Waals surface area contributed by atoms with Crippen LogP contribution in [0.3, 0.4) is 0 Å². The van der Waals surface area contributed by atoms with Gasteiger partial charge in [0.1, 0.15) is 13.2 Å². The summed E-state index contributed by atoms with van der Waals surface area (Å²) in [7, 11) is 5.93. The molecule has 0 aromatic carbocycles. The van der Waals surface area contributed by atoms with Gasteiger partial charge in [-0.05, 0) is 64.2 Å². The SMILES string of the molecule is CCCCCCCCC/C=C\CCCCCCCCCC(=O)OCC(COC(OCC[N+](C)(C)C)C(=O)[O-])OC(=O)CCCCCCCCCCCCCCCCCCCCC/C=C\CCCCCCCCCC. The highest BCUT2D eigenvalue weighted by Gasteiger charge is 2.22. The van der Waals surface area contributed by atoms with Gasteiger partial charge in [-0.15, -0.1) is 0 Å². The second kappa shape index (κ2) is 57.0. The average molecular weight is 1050 g/mol. The summed E-state index contributed by atoms with van der Waals surface area (Å²) in [5.41, 5.74) is 0. The molecule has 436 valence electrons. The Morgan fingerprint density at radius 3 is 1.00 bits per heavy atom. The minimum absolute atomic E-state index is 0.150. The van der Waals surface area contributed by atoms with Crippen molar-refractivity contribution >= 4 is 17.9 Å². The van der Waals surface area contributed by atoms with Crippen molar-refractivity contribution in [3.63, 3.8) is 0 Å². The molecule has 0 aliphatic rings. The third-order valence-corrected chi connectivity index (χ3v) is 14.4. The van der Waals surface area contributed by atoms with Crippen molar-refractivity contribution < 1.29 is 42.9 Å². The standard InChI is InChI=1S/C65H123NO8/c1-6-8-10-12-14-16-18-20-22-24-26-27-28-29-30-31-32-33-34-35-36-37-38-40-42-44-46-48-50-52-54-56-63(68)74-61(60-73-65(64(69)70)71-58-57-66(3,4)5)59-72-62(67)55-53-51-49-47-45-43-41-39-25-23-21-19-17-15-13-11-9-7-2/h23-26,61,65H,6-22,27-60H2,1-5H3/b25-23-,26-24-. The Morgan fingerprint density at radius 2 is 0.689 bits per heavy atom. The monoisotopic (exact) mass is 1050 g/mol. The maximum atomic E-state index is 12.9. The van der Waals surface area contributed by atoms with Gasteiger partial charge in [0, 0.05) is 12.8 Å². The molecule has 0 amide bonds. The number of carbonyl (C=O) groups excluding carboxylic acids is 3. The summed E-state index contributed by atoms with van der Waals surface area (Å²) in [6.07, 6.45) is 65.3. The van der Waals surface area contributed by atoms with Gasteiger partial charge >= 0.3 is 11.9 Å². The molecule has 0 spiro atoms. The van der Waals surface area contributed by atoms with E-state index in [-0.39, 0.29) is 32.2 Å². The lowest BCUT2D eigenvalue weighted by molar-refractivity contribution is -0.870. The summed E-state index contributed by atoms with van der Waals surface area (Å²) in [5, 5.41) is 11.8. The number of quaternary nitrogens is 1. The highest BCUT2D eigenvalue weighted by atomic mass is 16.7. The Balaban J connectivity index is 4.09. The summed E-state index contributed by atoms with van der Waals surface area (Å²) in [4.78, 5) is 37.3. The molecule has 0 radical (unpaired) electrons. The zero-order chi connectivity index (χ0) is 54.1. The van der Waals surface area contributed by atoms with Crippen molar-refractivity contribution in [1.82, 2.24) is 0 Å². The van der Waals surface area contributed by atoms with Gasteiger partial charge in [-0.25, -0.2) is 0 Å². The van der Waals surface area contributed by atoms with E-state index in [9.17, 15) is 19.5 Å². The van der Waals surface area contributed by atoms with E-state index in [2.05, 4.69) is 38.2 Å². The minimum atomic E-state index is -1.62. The molecule has 9 heteroatoms. The maximum Gasteiger partial charge on any atom is 0.306 e. The molecule has 2 unspecified atom stereocenters. The number of carboxylic acids is 1. The molecule has 9 nitrogen and oxygen atoms in total. The van der Waals surface area contributed by atoms with Crippen LogP contribution in [0.5, 0.6) is 0 Å². The Morgan fingerprint density at radius 1 is 0.392 bits per heavy atom. The highest BCUT2D eigenvalue weighted by Crippen LogP contribution is 2.18. The van der Waals surface area contributed by atoms with Crippen LogP contribution < -0.4 is 5.11 Å². The molecule has 0 aliphatic carbocycles. The zero-order valence-corrected chi connectivity index (χ0v) is 49.7. The van der Waals surface area contributed by atoms with Gasteiger partial charge in [-0.1, -0.05) is 263 Å². The lowest BCUT2D eigenvalue weighted by Gasteiger charge is -2.26. The van der Waals surface area contributed by atoms with Crippen molar-refractivity contribution in [1.29, 1.82) is 0 Å². The number of carboxylic acid groups (broad SMARTS) is 1. The van der Waals surface area contributed by atoms with Crippen LogP contribution in [0.25, 0.3) is 0 Å². The first-order chi connectivity index (χ1) is 36.1. The van der Waals surface area contributed by atoms with Crippen molar-refractivity contribution in [2.45, 2.75) is 328 Å². The fourth-order valence-corrected chi connectivity index (χ4v) is 9.47. The fourth-order valence-electron chi connectivity index (χ4n) is 9.47. The second-order valence-corrected chi connectivity index (χ2v) is 23.0. The van der Waals surface area contributed by atoms with Crippen molar-refractivity contribution in [2.75, 3.05) is 47.5 Å². The van der Waals surface area contributed by atoms with Gasteiger partial charge in [0.05, 0.1) is 40.3 Å². The van der Waals surface area contributed by atoms with Crippen LogP contribution in [0.4, 0.5) is 0 Å². The molecule has 0 aliphatic heterocycles. The van der Waals surface area contributed by atoms with Crippen molar-refractivity contribution in [3.05, 3.63) is 24.3 Å². The molecule has 0 rings (SSSR count). The number of unbranched alkanes of at least 4 members (excludes halogenated alkanes) is 41. The molecule has 0 heterocycles. The van der Waals surface area contributed by atoms with Gasteiger partial charge in [-0.2, -0.15) is 0 Å². The second-order valence-electron chi connectivity index (χ2n) is 23.0. The summed E-state index contributed by atoms with van der Waals surface area (Å²) < 4.78 is 22.7. The topological polar surface area (TPSA) is 111 Å². The minimum Gasteiger partial charge on any atom is -0.545 e. The van der Waals surface area contributed by atoms with E-state index in [1.807, 2.05) is 21.1 Å². The van der Waals surface area contributed by atoms with Gasteiger partial charge < -0.3 is 33.3 Å². The number of nitrogens with zero attached hydrogens (tertiary/aromatic N) is 1. The number of esters is 2. The number of hydrogen-bond acceptors (Lipinski definition) is 8. The molecule has 0 saturated heterocycles. The molecule has 0 N–H and O–H groups in total. The van der Waals surface area contributed by atoms with Crippen LogP contribution in [0, 0.1) is 0 Å². The Labute approximate surface area is 458 Å². The van der Waals surface area contributed by atoms with E-state index in [0.29, 0.717) is 17.4 Å². The third-order valence-electron chi connectivity index (χ3n) is 14.4. The molecule has 2 atom stereocenters. The van der Waals surface area contributed by atoms with Crippen LogP contribution in [-0.4, -0.2) is 82.3 Å². The zero-order valence-electron chi connectivity index (χ0n) is 49.7. The number of aliphatic carboxylic acids is 1. The quantitative estimate of drug-likeness (QED) is 0.0195. The Kier molecular flexibility index (Phi) is 55.2. The Bertz CT molecular complexity index is 1260. The molecular formula is C65H123NO8. The average Bonchev–Trinajstić information content (AvgIpc) is 3.37. The first-order valence-electron chi connectivity index (χ1n) is 32.0. The van der Waals surface area contributed by atoms with Gasteiger partial charge in [0.2, 0.25) is 0 Å². The lowest BCUT2D eigenvalue weighted by atomic mass is 10.0. The number of ether oxygens (including phenoxy) is 4. The van der Waals surface area contributed by atoms with E-state index in [0.717, 1.165) is 38.5 Å². The first-order valence-corrected chi connectivity index (χ1v) is 32.0. The van der Waals surface area contributed by atoms with Crippen molar-refractivity contribution in [3.8, 4) is 0 Å². The highest BCUT2D eigenvalue weighted by molar-refractivity contribution is 5.70. The normalized spacial score (nSPS) is 12.8. The fraction of sp³-hybridized carbons (Fsp3) is 0.892. The van der Waals surface area contributed by atoms with E-state index >= 15 is 0 Å². The Hall–Kier alpha value is -2.23. The number of hydrogen-bond donors (Lipinski definition) is 0. The van der Waals surface area contributed by atoms with E-state index in [1.54, 1.807) is 0 Å². The van der Waals surface area contributed by atoms with E-state index in [1.165, 1.54) is 250 Å². The van der Waals surface area contributed by atoms with Crippen LogP contribution in [0.2, 0.25) is 0 Å². The molecule has 0 bridgehead atoms. The van der Waals surface area contributed by atoms with Gasteiger partial charge in [0.25, 0.3) is 0 Å². The van der Waals surface area contributed by atoms with Crippen LogP contribution in [-0.2, 0) is 33.3 Å². The first kappa shape index (κ1) is 71.8. The summed E-state index contributed by atoms with van der Waals surface area (Å²) in [5.74, 6) is -2.27. The predicted molar refractivity (Wildman–Crippen MR) is 311 cm³/mol. The summed E-state index contributed by atoms with van der Waals surface area (Å²) in [6, 6.07) is 0. The largest absolute Gasteiger partial charge is 0.545 e. The third kappa shape index (κ3) is 57.5. The summed E-state index contributed by atoms with van der Waals surface area (Å²) >= 11 is 0. The number of rotatable bonds is 60. The maximum absolute atomic E-state index is 12.9. The molecular weight excluding hydrogens is 923 g/mol. The summed E-state index contributed by atoms with van der Waals surface area (Å²) in [6.45, 7) is 4.79. The van der Waals surface area contributed by atoms with E-state index in [4.69, 9.17) is 18.9 Å². The molecule has 0 aromatic heterocycles. The van der Waals surface area contributed by atoms with Crippen LogP contribution >= 0.6 is 0 Å². The van der Waals surface area contributed by atoms with Crippen LogP contribution in [0.15, 0.2) is 24.3 Å². The van der Waals surface area contributed by atoms with Gasteiger partial charge in [-0.3, -0.25) is 9.59 Å². The number of carbonyl (C=O) groups is 3. The molecule has 0 fully saturated rings. The van der Waals surface area contributed by atoms with E-state index < -0.39 is 24.3 Å². The smallest absolute Gasteiger partial charge is 0.306 e. The van der Waals surface area contributed by atoms with Crippen molar-refractivity contribution in [2.24, 2.45) is 0 Å². The molecule has 0 saturated carbocycles. The lowest BCUT2D eigenvalue weighted by Crippen LogP contribution is -2.44. The molecule has 74 heavy (non-hydrogen) atoms.